The van der Waals surface area contributed by atoms with E-state index in [2.05, 4.69) is 10.3 Å². The van der Waals surface area contributed by atoms with Gasteiger partial charge in [-0.05, 0) is 60.9 Å². The van der Waals surface area contributed by atoms with Crippen molar-refractivity contribution < 1.29 is 13.2 Å². The molecule has 5 nitrogen and oxygen atoms in total. The van der Waals surface area contributed by atoms with Crippen LogP contribution in [0.1, 0.15) is 31.9 Å². The Morgan fingerprint density at radius 3 is 2.63 bits per heavy atom. The Morgan fingerprint density at radius 2 is 1.96 bits per heavy atom. The van der Waals surface area contributed by atoms with Crippen LogP contribution in [0.5, 0.6) is 0 Å². The summed E-state index contributed by atoms with van der Waals surface area (Å²) in [4.78, 5) is 17.4. The van der Waals surface area contributed by atoms with Crippen LogP contribution in [0.25, 0.3) is 0 Å². The summed E-state index contributed by atoms with van der Waals surface area (Å²) in [5.41, 5.74) is 2.82. The minimum absolute atomic E-state index is 0.123. The number of aromatic nitrogens is 1. The van der Waals surface area contributed by atoms with Crippen molar-refractivity contribution in [3.05, 3.63) is 82.0 Å². The van der Waals surface area contributed by atoms with Gasteiger partial charge in [-0.15, -0.1) is 11.3 Å². The van der Waals surface area contributed by atoms with E-state index < -0.39 is 9.84 Å². The zero-order chi connectivity index (χ0) is 19.4. The van der Waals surface area contributed by atoms with Crippen molar-refractivity contribution in [2.45, 2.75) is 30.4 Å². The molecule has 140 valence electrons. The Kier molecular flexibility index (Phi) is 5.72. The van der Waals surface area contributed by atoms with Crippen molar-refractivity contribution in [1.82, 2.24) is 10.3 Å². The zero-order valence-electron chi connectivity index (χ0n) is 15.1. The van der Waals surface area contributed by atoms with Gasteiger partial charge >= 0.3 is 0 Å². The molecule has 0 aliphatic carbocycles. The van der Waals surface area contributed by atoms with Gasteiger partial charge in [-0.2, -0.15) is 0 Å². The standard InChI is InChI=1S/C20H20N2O3S2/c1-14-5-7-17(20(23)22-12-16-4-3-9-21-11-16)10-18(14)13-27(24,25)19-8-6-15(2)26-19/h3-11H,12-13H2,1-2H3,(H,22,23). The predicted molar refractivity (Wildman–Crippen MR) is 107 cm³/mol. The number of hydrogen-bond acceptors (Lipinski definition) is 5. The molecule has 0 saturated carbocycles. The molecule has 3 aromatic rings. The van der Waals surface area contributed by atoms with E-state index in [0.29, 0.717) is 21.9 Å². The third-order valence-electron chi connectivity index (χ3n) is 4.15. The van der Waals surface area contributed by atoms with Gasteiger partial charge in [0.25, 0.3) is 5.91 Å². The molecule has 3 rings (SSSR count). The summed E-state index contributed by atoms with van der Waals surface area (Å²) < 4.78 is 25.7. The van der Waals surface area contributed by atoms with Crippen LogP contribution in [0, 0.1) is 13.8 Å². The van der Waals surface area contributed by atoms with E-state index >= 15 is 0 Å². The van der Waals surface area contributed by atoms with E-state index in [1.54, 1.807) is 42.7 Å². The summed E-state index contributed by atoms with van der Waals surface area (Å²) in [5.74, 6) is -0.368. The van der Waals surface area contributed by atoms with Crippen molar-refractivity contribution in [1.29, 1.82) is 0 Å². The molecular weight excluding hydrogens is 380 g/mol. The van der Waals surface area contributed by atoms with Gasteiger partial charge in [0, 0.05) is 29.4 Å². The molecule has 0 radical (unpaired) electrons. The Balaban J connectivity index is 1.76. The second kappa shape index (κ2) is 8.02. The van der Waals surface area contributed by atoms with E-state index in [1.807, 2.05) is 26.0 Å². The summed E-state index contributed by atoms with van der Waals surface area (Å²) in [6.07, 6.45) is 3.36. The Labute approximate surface area is 163 Å². The number of aryl methyl sites for hydroxylation is 2. The Morgan fingerprint density at radius 1 is 1.15 bits per heavy atom. The second-order valence-corrected chi connectivity index (χ2v) is 9.81. The molecule has 0 aliphatic heterocycles. The molecule has 0 unspecified atom stereocenters. The van der Waals surface area contributed by atoms with Gasteiger partial charge in [-0.3, -0.25) is 9.78 Å². The number of sulfone groups is 1. The smallest absolute Gasteiger partial charge is 0.251 e. The van der Waals surface area contributed by atoms with Crippen molar-refractivity contribution in [2.24, 2.45) is 0 Å². The molecule has 0 atom stereocenters. The molecule has 0 fully saturated rings. The van der Waals surface area contributed by atoms with Crippen LogP contribution >= 0.6 is 11.3 Å². The number of carbonyl (C=O) groups is 1. The number of hydrogen-bond donors (Lipinski definition) is 1. The lowest BCUT2D eigenvalue weighted by Crippen LogP contribution is -2.23. The number of rotatable bonds is 6. The molecule has 27 heavy (non-hydrogen) atoms. The number of pyridine rings is 1. The van der Waals surface area contributed by atoms with Crippen LogP contribution in [0.2, 0.25) is 0 Å². The van der Waals surface area contributed by atoms with Crippen LogP contribution in [-0.2, 0) is 22.1 Å². The highest BCUT2D eigenvalue weighted by Gasteiger charge is 2.19. The number of benzene rings is 1. The predicted octanol–water partition coefficient (Wildman–Crippen LogP) is 3.66. The summed E-state index contributed by atoms with van der Waals surface area (Å²) >= 11 is 1.26. The van der Waals surface area contributed by atoms with Gasteiger partial charge < -0.3 is 5.32 Å². The molecule has 0 bridgehead atoms. The Hall–Kier alpha value is -2.51. The van der Waals surface area contributed by atoms with Gasteiger partial charge in [-0.1, -0.05) is 12.1 Å². The van der Waals surface area contributed by atoms with Crippen LogP contribution in [0.3, 0.4) is 0 Å². The monoisotopic (exact) mass is 400 g/mol. The largest absolute Gasteiger partial charge is 0.348 e. The maximum atomic E-state index is 12.7. The Bertz CT molecular complexity index is 1060. The lowest BCUT2D eigenvalue weighted by Gasteiger charge is -2.10. The SMILES string of the molecule is Cc1ccc(S(=O)(=O)Cc2cc(C(=O)NCc3cccnc3)ccc2C)s1. The molecule has 1 N–H and O–H groups in total. The first-order valence-electron chi connectivity index (χ1n) is 8.41. The molecule has 0 spiro atoms. The minimum Gasteiger partial charge on any atom is -0.348 e. The minimum atomic E-state index is -3.43. The highest BCUT2D eigenvalue weighted by atomic mass is 32.2. The average Bonchev–Trinajstić information content (AvgIpc) is 3.10. The molecule has 2 heterocycles. The first-order valence-corrected chi connectivity index (χ1v) is 10.9. The topological polar surface area (TPSA) is 76.1 Å². The maximum Gasteiger partial charge on any atom is 0.251 e. The third kappa shape index (κ3) is 4.81. The lowest BCUT2D eigenvalue weighted by molar-refractivity contribution is 0.0950. The first kappa shape index (κ1) is 19.3. The fourth-order valence-electron chi connectivity index (χ4n) is 2.61. The summed E-state index contributed by atoms with van der Waals surface area (Å²) in [6.45, 7) is 4.09. The van der Waals surface area contributed by atoms with Crippen molar-refractivity contribution in [2.75, 3.05) is 0 Å². The van der Waals surface area contributed by atoms with Crippen molar-refractivity contribution >= 4 is 27.1 Å². The fourth-order valence-corrected chi connectivity index (χ4v) is 5.42. The normalized spacial score (nSPS) is 11.3. The van der Waals surface area contributed by atoms with Crippen LogP contribution in [0.4, 0.5) is 0 Å². The van der Waals surface area contributed by atoms with Gasteiger partial charge in [0.05, 0.1) is 5.75 Å². The summed E-state index contributed by atoms with van der Waals surface area (Å²) in [5, 5.41) is 2.83. The fraction of sp³-hybridized carbons (Fsp3) is 0.200. The van der Waals surface area contributed by atoms with Crippen molar-refractivity contribution in [3.63, 3.8) is 0 Å². The molecule has 7 heteroatoms. The summed E-state index contributed by atoms with van der Waals surface area (Å²) in [7, 11) is -3.43. The van der Waals surface area contributed by atoms with E-state index in [-0.39, 0.29) is 11.7 Å². The quantitative estimate of drug-likeness (QED) is 0.685. The molecule has 1 aromatic carbocycles. The van der Waals surface area contributed by atoms with Crippen molar-refractivity contribution in [3.8, 4) is 0 Å². The molecule has 2 aromatic heterocycles. The number of thiophene rings is 1. The second-order valence-electron chi connectivity index (χ2n) is 6.31. The van der Waals surface area contributed by atoms with E-state index in [9.17, 15) is 13.2 Å². The lowest BCUT2D eigenvalue weighted by atomic mass is 10.1. The number of nitrogens with one attached hydrogen (secondary N) is 1. The average molecular weight is 401 g/mol. The van der Waals surface area contributed by atoms with Crippen LogP contribution in [-0.4, -0.2) is 19.3 Å². The highest BCUT2D eigenvalue weighted by Crippen LogP contribution is 2.25. The van der Waals surface area contributed by atoms with E-state index in [1.165, 1.54) is 11.3 Å². The zero-order valence-corrected chi connectivity index (χ0v) is 16.7. The molecular formula is C20H20N2O3S2. The maximum absolute atomic E-state index is 12.7. The van der Waals surface area contributed by atoms with Gasteiger partial charge in [0.1, 0.15) is 4.21 Å². The number of carbonyl (C=O) groups excluding carboxylic acids is 1. The third-order valence-corrected chi connectivity index (χ3v) is 7.40. The van der Waals surface area contributed by atoms with Gasteiger partial charge in [0.15, 0.2) is 9.84 Å². The van der Waals surface area contributed by atoms with Gasteiger partial charge in [-0.25, -0.2) is 8.42 Å². The number of amides is 1. The number of nitrogens with zero attached hydrogens (tertiary/aromatic N) is 1. The molecule has 1 amide bonds. The van der Waals surface area contributed by atoms with E-state index in [0.717, 1.165) is 16.0 Å². The van der Waals surface area contributed by atoms with E-state index in [4.69, 9.17) is 0 Å². The molecule has 0 aliphatic rings. The highest BCUT2D eigenvalue weighted by molar-refractivity contribution is 7.92. The van der Waals surface area contributed by atoms with Gasteiger partial charge in [0.2, 0.25) is 0 Å². The first-order chi connectivity index (χ1) is 12.8. The van der Waals surface area contributed by atoms with Crippen LogP contribution < -0.4 is 5.32 Å². The molecule has 0 saturated heterocycles. The van der Waals surface area contributed by atoms with Crippen LogP contribution in [0.15, 0.2) is 59.1 Å². The summed E-state index contributed by atoms with van der Waals surface area (Å²) in [6, 6.07) is 12.3.